The molecule has 0 bridgehead atoms. The van der Waals surface area contributed by atoms with E-state index < -0.39 is 0 Å². The summed E-state index contributed by atoms with van der Waals surface area (Å²) < 4.78 is 5.30. The third-order valence-corrected chi connectivity index (χ3v) is 5.20. The van der Waals surface area contributed by atoms with E-state index in [0.717, 1.165) is 30.0 Å². The molecule has 1 saturated carbocycles. The number of hydrogen-bond acceptors (Lipinski definition) is 5. The highest BCUT2D eigenvalue weighted by Gasteiger charge is 2.40. The van der Waals surface area contributed by atoms with Gasteiger partial charge in [0.25, 0.3) is 0 Å². The molecule has 4 atom stereocenters. The zero-order valence-electron chi connectivity index (χ0n) is 13.8. The van der Waals surface area contributed by atoms with Gasteiger partial charge in [0.15, 0.2) is 0 Å². The third kappa shape index (κ3) is 2.93. The summed E-state index contributed by atoms with van der Waals surface area (Å²) in [7, 11) is 1.78. The molecule has 0 radical (unpaired) electrons. The number of aromatic nitrogens is 3. The van der Waals surface area contributed by atoms with Crippen molar-refractivity contribution in [3.05, 3.63) is 18.1 Å². The molecule has 23 heavy (non-hydrogen) atoms. The fourth-order valence-corrected chi connectivity index (χ4v) is 3.73. The quantitative estimate of drug-likeness (QED) is 0.789. The minimum atomic E-state index is 0.432. The summed E-state index contributed by atoms with van der Waals surface area (Å²) in [6.07, 6.45) is 7.31. The van der Waals surface area contributed by atoms with Gasteiger partial charge in [0.05, 0.1) is 5.39 Å². The lowest BCUT2D eigenvalue weighted by Crippen LogP contribution is -2.43. The highest BCUT2D eigenvalue weighted by Crippen LogP contribution is 2.50. The number of nitrogens with one attached hydrogen (secondary N) is 3. The number of hydrogen-bond donors (Lipinski definition) is 3. The van der Waals surface area contributed by atoms with Gasteiger partial charge in [0.2, 0.25) is 0 Å². The lowest BCUT2D eigenvalue weighted by atomic mass is 10.0. The van der Waals surface area contributed by atoms with E-state index in [4.69, 9.17) is 4.74 Å². The topological polar surface area (TPSA) is 74.9 Å². The lowest BCUT2D eigenvalue weighted by Gasteiger charge is -2.28. The molecule has 124 valence electrons. The maximum Gasteiger partial charge on any atom is 0.143 e. The molecular formula is C17H25N5O. The fraction of sp³-hybridized carbons (Fsp3) is 0.647. The van der Waals surface area contributed by atoms with Gasteiger partial charge in [0, 0.05) is 38.5 Å². The van der Waals surface area contributed by atoms with E-state index in [1.165, 1.54) is 24.8 Å². The average molecular weight is 315 g/mol. The number of aromatic amines is 1. The monoisotopic (exact) mass is 315 g/mol. The van der Waals surface area contributed by atoms with Gasteiger partial charge < -0.3 is 20.4 Å². The van der Waals surface area contributed by atoms with Crippen LogP contribution >= 0.6 is 0 Å². The van der Waals surface area contributed by atoms with Crippen LogP contribution < -0.4 is 10.6 Å². The van der Waals surface area contributed by atoms with Gasteiger partial charge in [-0.15, -0.1) is 0 Å². The minimum absolute atomic E-state index is 0.432. The molecule has 1 saturated heterocycles. The van der Waals surface area contributed by atoms with Gasteiger partial charge >= 0.3 is 0 Å². The second-order valence-electron chi connectivity index (χ2n) is 6.98. The number of fused-ring (bicyclic) bond motifs is 1. The van der Waals surface area contributed by atoms with Crippen molar-refractivity contribution in [3.63, 3.8) is 0 Å². The molecule has 2 aromatic rings. The highest BCUT2D eigenvalue weighted by molar-refractivity contribution is 5.91. The van der Waals surface area contributed by atoms with Crippen LogP contribution in [0.2, 0.25) is 0 Å². The summed E-state index contributed by atoms with van der Waals surface area (Å²) >= 11 is 0. The predicted octanol–water partition coefficient (Wildman–Crippen LogP) is 2.26. The molecular weight excluding hydrogens is 290 g/mol. The van der Waals surface area contributed by atoms with Crippen LogP contribution in [0.4, 0.5) is 5.82 Å². The van der Waals surface area contributed by atoms with Gasteiger partial charge in [-0.2, -0.15) is 0 Å². The maximum atomic E-state index is 5.30. The first-order valence-electron chi connectivity index (χ1n) is 8.57. The molecule has 0 amide bonds. The van der Waals surface area contributed by atoms with Gasteiger partial charge in [-0.1, -0.05) is 0 Å². The summed E-state index contributed by atoms with van der Waals surface area (Å²) in [4.78, 5) is 12.2. The second-order valence-corrected chi connectivity index (χ2v) is 6.98. The van der Waals surface area contributed by atoms with E-state index in [1.807, 2.05) is 0 Å². The summed E-state index contributed by atoms with van der Waals surface area (Å²) in [6.45, 7) is 4.06. The van der Waals surface area contributed by atoms with E-state index in [-0.39, 0.29) is 0 Å². The van der Waals surface area contributed by atoms with Crippen molar-refractivity contribution in [1.82, 2.24) is 20.3 Å². The smallest absolute Gasteiger partial charge is 0.143 e. The molecule has 6 nitrogen and oxygen atoms in total. The Kier molecular flexibility index (Phi) is 3.95. The van der Waals surface area contributed by atoms with Crippen LogP contribution in [-0.2, 0) is 4.74 Å². The van der Waals surface area contributed by atoms with Crippen molar-refractivity contribution in [3.8, 4) is 0 Å². The second kappa shape index (κ2) is 6.09. The Morgan fingerprint density at radius 3 is 3.04 bits per heavy atom. The van der Waals surface area contributed by atoms with Crippen molar-refractivity contribution in [2.24, 2.45) is 5.92 Å². The largest absolute Gasteiger partial charge is 0.384 e. The van der Waals surface area contributed by atoms with Crippen molar-refractivity contribution in [2.45, 2.75) is 44.2 Å². The Morgan fingerprint density at radius 1 is 1.35 bits per heavy atom. The first kappa shape index (κ1) is 14.9. The molecule has 2 aliphatic rings. The Balaban J connectivity index is 1.58. The summed E-state index contributed by atoms with van der Waals surface area (Å²) in [5.74, 6) is 2.17. The molecule has 1 aliphatic heterocycles. The average Bonchev–Trinajstić information content (AvgIpc) is 3.18. The van der Waals surface area contributed by atoms with Crippen molar-refractivity contribution in [1.29, 1.82) is 0 Å². The number of rotatable bonds is 5. The zero-order chi connectivity index (χ0) is 15.8. The lowest BCUT2D eigenvalue weighted by molar-refractivity contribution is 0.184. The normalized spacial score (nSPS) is 30.5. The molecule has 6 heteroatoms. The van der Waals surface area contributed by atoms with Gasteiger partial charge in [0.1, 0.15) is 17.8 Å². The molecule has 3 heterocycles. The van der Waals surface area contributed by atoms with Crippen LogP contribution in [0.5, 0.6) is 0 Å². The predicted molar refractivity (Wildman–Crippen MR) is 90.7 cm³/mol. The van der Waals surface area contributed by atoms with Gasteiger partial charge in [-0.25, -0.2) is 9.97 Å². The van der Waals surface area contributed by atoms with E-state index >= 15 is 0 Å². The molecule has 2 aromatic heterocycles. The molecule has 1 aliphatic carbocycles. The number of methoxy groups -OCH3 is 1. The van der Waals surface area contributed by atoms with E-state index in [2.05, 4.69) is 38.7 Å². The number of anilines is 1. The first-order valence-corrected chi connectivity index (χ1v) is 8.57. The van der Waals surface area contributed by atoms with E-state index in [9.17, 15) is 0 Å². The Morgan fingerprint density at radius 2 is 2.26 bits per heavy atom. The molecule has 0 aromatic carbocycles. The number of ether oxygens (including phenoxy) is 1. The minimum Gasteiger partial charge on any atom is -0.384 e. The third-order valence-electron chi connectivity index (χ3n) is 5.20. The van der Waals surface area contributed by atoms with Crippen molar-refractivity contribution < 1.29 is 4.74 Å². The SMILES string of the molecule is COC[C@H]1CC1c1c[nH]c2ncnc(N[C@@H]3CC[C@H](C)NC3)c12. The van der Waals surface area contributed by atoms with Crippen molar-refractivity contribution >= 4 is 16.9 Å². The Labute approximate surface area is 136 Å². The molecule has 2 fully saturated rings. The Hall–Kier alpha value is -1.66. The van der Waals surface area contributed by atoms with Crippen LogP contribution in [0.1, 0.15) is 37.7 Å². The van der Waals surface area contributed by atoms with E-state index in [0.29, 0.717) is 23.9 Å². The number of H-pyrrole nitrogens is 1. The van der Waals surface area contributed by atoms with Crippen LogP contribution in [0.3, 0.4) is 0 Å². The first-order chi connectivity index (χ1) is 11.3. The van der Waals surface area contributed by atoms with Gasteiger partial charge in [-0.05, 0) is 43.6 Å². The number of piperidine rings is 1. The summed E-state index contributed by atoms with van der Waals surface area (Å²) in [5, 5.41) is 8.33. The molecule has 4 rings (SSSR count). The Bertz CT molecular complexity index is 677. The van der Waals surface area contributed by atoms with Crippen LogP contribution in [0.25, 0.3) is 11.0 Å². The van der Waals surface area contributed by atoms with Crippen LogP contribution in [0.15, 0.2) is 12.5 Å². The van der Waals surface area contributed by atoms with Crippen molar-refractivity contribution in [2.75, 3.05) is 25.6 Å². The fourth-order valence-electron chi connectivity index (χ4n) is 3.73. The van der Waals surface area contributed by atoms with Crippen LogP contribution in [-0.4, -0.2) is 47.3 Å². The summed E-state index contributed by atoms with van der Waals surface area (Å²) in [6, 6.07) is 1.04. The zero-order valence-corrected chi connectivity index (χ0v) is 13.8. The number of nitrogens with zero attached hydrogens (tertiary/aromatic N) is 2. The molecule has 3 N–H and O–H groups in total. The van der Waals surface area contributed by atoms with Gasteiger partial charge in [-0.3, -0.25) is 0 Å². The highest BCUT2D eigenvalue weighted by atomic mass is 16.5. The summed E-state index contributed by atoms with van der Waals surface area (Å²) in [5.41, 5.74) is 2.26. The van der Waals surface area contributed by atoms with Crippen LogP contribution in [0, 0.1) is 5.92 Å². The molecule has 0 spiro atoms. The standard InChI is InChI=1S/C17H25N5O/c1-10-3-4-12(6-18-10)22-17-15-14(13-5-11(13)8-23-2)7-19-16(15)20-9-21-17/h7,9-13,18H,3-6,8H2,1-2H3,(H2,19,20,21,22)/t10-,11+,12+,13?/m0/s1. The maximum absolute atomic E-state index is 5.30. The molecule has 1 unspecified atom stereocenters. The van der Waals surface area contributed by atoms with E-state index in [1.54, 1.807) is 13.4 Å².